The quantitative estimate of drug-likeness (QED) is 0.712. The van der Waals surface area contributed by atoms with E-state index in [-0.39, 0.29) is 18.2 Å². The second-order valence-electron chi connectivity index (χ2n) is 6.35. The smallest absolute Gasteiger partial charge is 0.249 e. The highest BCUT2D eigenvalue weighted by Gasteiger charge is 2.32. The van der Waals surface area contributed by atoms with Crippen LogP contribution in [-0.4, -0.2) is 26.6 Å². The largest absolute Gasteiger partial charge is 0.457 e. The van der Waals surface area contributed by atoms with Crippen molar-refractivity contribution < 1.29 is 14.3 Å². The number of aromatic nitrogens is 3. The van der Waals surface area contributed by atoms with Gasteiger partial charge in [0.15, 0.2) is 5.82 Å². The lowest BCUT2D eigenvalue weighted by Crippen LogP contribution is -2.36. The predicted octanol–water partition coefficient (Wildman–Crippen LogP) is 3.15. The molecule has 2 N–H and O–H groups in total. The van der Waals surface area contributed by atoms with E-state index in [0.29, 0.717) is 29.6 Å². The number of ether oxygens (including phenoxy) is 1. The fraction of sp³-hybridized carbons (Fsp3) is 0.200. The summed E-state index contributed by atoms with van der Waals surface area (Å²) in [4.78, 5) is 28.9. The number of nitrogens with one attached hydrogen (secondary N) is 2. The molecule has 1 aromatic heterocycles. The molecule has 2 aromatic carbocycles. The fourth-order valence-corrected chi connectivity index (χ4v) is 2.92. The Morgan fingerprint density at radius 1 is 1.18 bits per heavy atom. The van der Waals surface area contributed by atoms with Gasteiger partial charge in [0.1, 0.15) is 17.5 Å². The third-order valence-corrected chi connectivity index (χ3v) is 4.32. The molecule has 0 spiro atoms. The van der Waals surface area contributed by atoms with Gasteiger partial charge in [0, 0.05) is 12.1 Å². The Kier molecular flexibility index (Phi) is 4.76. The summed E-state index contributed by atoms with van der Waals surface area (Å²) in [6, 6.07) is 15.7. The van der Waals surface area contributed by atoms with Crippen LogP contribution >= 0.6 is 0 Å². The van der Waals surface area contributed by atoms with Gasteiger partial charge in [0.05, 0.1) is 6.42 Å². The number of fused-ring (bicyclic) bond motifs is 1. The summed E-state index contributed by atoms with van der Waals surface area (Å²) in [5, 5.41) is 9.79. The molecule has 1 atom stereocenters. The Bertz CT molecular complexity index is 998. The molecular formula is C20H19N5O3. The van der Waals surface area contributed by atoms with E-state index in [4.69, 9.17) is 4.74 Å². The topological polar surface area (TPSA) is 98.1 Å². The van der Waals surface area contributed by atoms with Gasteiger partial charge in [-0.1, -0.05) is 25.1 Å². The monoisotopic (exact) mass is 377 g/mol. The van der Waals surface area contributed by atoms with Crippen LogP contribution in [0.3, 0.4) is 0 Å². The second kappa shape index (κ2) is 7.51. The van der Waals surface area contributed by atoms with E-state index in [2.05, 4.69) is 20.7 Å². The standard InChI is InChI=1S/C20H19N5O3/c1-2-17-22-20-23-18(26)12-16(25(20)24-17)19(27)21-13-8-10-15(11-9-13)28-14-6-4-3-5-7-14/h3-11,16H,2,12H2,1H3,(H,21,27)(H,22,23,24,26). The Hall–Kier alpha value is -3.68. The van der Waals surface area contributed by atoms with Crippen molar-refractivity contribution in [2.45, 2.75) is 25.8 Å². The minimum atomic E-state index is -0.739. The Balaban J connectivity index is 1.46. The molecule has 0 aliphatic carbocycles. The number of hydrogen-bond donors (Lipinski definition) is 2. The van der Waals surface area contributed by atoms with Crippen LogP contribution in [0.5, 0.6) is 11.5 Å². The number of aryl methyl sites for hydroxylation is 1. The molecule has 8 heteroatoms. The second-order valence-corrected chi connectivity index (χ2v) is 6.35. The van der Waals surface area contributed by atoms with Crippen LogP contribution in [0.1, 0.15) is 25.2 Å². The minimum absolute atomic E-state index is 0.0144. The van der Waals surface area contributed by atoms with Gasteiger partial charge in [-0.2, -0.15) is 10.1 Å². The van der Waals surface area contributed by atoms with Crippen molar-refractivity contribution in [3.63, 3.8) is 0 Å². The highest BCUT2D eigenvalue weighted by molar-refractivity contribution is 6.00. The normalized spacial score (nSPS) is 15.5. The predicted molar refractivity (Wildman–Crippen MR) is 103 cm³/mol. The first-order valence-electron chi connectivity index (χ1n) is 9.01. The van der Waals surface area contributed by atoms with Gasteiger partial charge >= 0.3 is 0 Å². The molecule has 1 unspecified atom stereocenters. The molecule has 2 amide bonds. The van der Waals surface area contributed by atoms with Crippen LogP contribution in [0.25, 0.3) is 0 Å². The van der Waals surface area contributed by atoms with Crippen molar-refractivity contribution in [2.24, 2.45) is 0 Å². The number of carbonyl (C=O) groups is 2. The van der Waals surface area contributed by atoms with E-state index >= 15 is 0 Å². The molecule has 8 nitrogen and oxygen atoms in total. The number of benzene rings is 2. The highest BCUT2D eigenvalue weighted by atomic mass is 16.5. The average Bonchev–Trinajstić information content (AvgIpc) is 3.12. The van der Waals surface area contributed by atoms with Crippen LogP contribution in [0.15, 0.2) is 54.6 Å². The first kappa shape index (κ1) is 17.7. The Morgan fingerprint density at radius 3 is 2.61 bits per heavy atom. The summed E-state index contributed by atoms with van der Waals surface area (Å²) in [7, 11) is 0. The maximum absolute atomic E-state index is 12.7. The number of hydrogen-bond acceptors (Lipinski definition) is 5. The van der Waals surface area contributed by atoms with Gasteiger partial charge in [0.25, 0.3) is 0 Å². The summed E-state index contributed by atoms with van der Waals surface area (Å²) in [5.74, 6) is 1.71. The van der Waals surface area contributed by atoms with E-state index in [9.17, 15) is 9.59 Å². The van der Waals surface area contributed by atoms with Gasteiger partial charge in [-0.25, -0.2) is 4.68 Å². The zero-order valence-corrected chi connectivity index (χ0v) is 15.3. The van der Waals surface area contributed by atoms with Crippen molar-refractivity contribution >= 4 is 23.5 Å². The molecule has 0 fully saturated rings. The molecule has 2 heterocycles. The van der Waals surface area contributed by atoms with Gasteiger partial charge in [-0.05, 0) is 36.4 Å². The number of amides is 2. The van der Waals surface area contributed by atoms with Crippen LogP contribution in [0.2, 0.25) is 0 Å². The molecular weight excluding hydrogens is 358 g/mol. The first-order chi connectivity index (χ1) is 13.6. The summed E-state index contributed by atoms with van der Waals surface area (Å²) in [6.07, 6.45) is 0.633. The summed E-state index contributed by atoms with van der Waals surface area (Å²) in [5.41, 5.74) is 0.605. The minimum Gasteiger partial charge on any atom is -0.457 e. The lowest BCUT2D eigenvalue weighted by atomic mass is 10.1. The molecule has 1 aliphatic heterocycles. The Labute approximate surface area is 161 Å². The zero-order valence-electron chi connectivity index (χ0n) is 15.3. The lowest BCUT2D eigenvalue weighted by molar-refractivity contribution is -0.125. The van der Waals surface area contributed by atoms with E-state index in [1.807, 2.05) is 37.3 Å². The molecule has 4 rings (SSSR count). The van der Waals surface area contributed by atoms with E-state index in [0.717, 1.165) is 5.75 Å². The number of carbonyl (C=O) groups excluding carboxylic acids is 2. The molecule has 0 saturated carbocycles. The molecule has 142 valence electrons. The van der Waals surface area contributed by atoms with E-state index in [1.165, 1.54) is 4.68 Å². The van der Waals surface area contributed by atoms with Gasteiger partial charge in [-0.3, -0.25) is 14.9 Å². The lowest BCUT2D eigenvalue weighted by Gasteiger charge is -2.22. The molecule has 1 aliphatic rings. The molecule has 0 radical (unpaired) electrons. The zero-order chi connectivity index (χ0) is 19.5. The number of nitrogens with zero attached hydrogens (tertiary/aromatic N) is 3. The Morgan fingerprint density at radius 2 is 1.89 bits per heavy atom. The van der Waals surface area contributed by atoms with Gasteiger partial charge < -0.3 is 10.1 Å². The van der Waals surface area contributed by atoms with Gasteiger partial charge in [0.2, 0.25) is 17.8 Å². The number of anilines is 2. The summed E-state index contributed by atoms with van der Waals surface area (Å²) >= 11 is 0. The number of rotatable bonds is 5. The third-order valence-electron chi connectivity index (χ3n) is 4.32. The first-order valence-corrected chi connectivity index (χ1v) is 9.01. The third kappa shape index (κ3) is 3.71. The van der Waals surface area contributed by atoms with Crippen molar-refractivity contribution in [1.82, 2.24) is 14.8 Å². The molecule has 3 aromatic rings. The van der Waals surface area contributed by atoms with E-state index < -0.39 is 6.04 Å². The van der Waals surface area contributed by atoms with Crippen LogP contribution in [0.4, 0.5) is 11.6 Å². The fourth-order valence-electron chi connectivity index (χ4n) is 2.92. The average molecular weight is 377 g/mol. The summed E-state index contributed by atoms with van der Waals surface area (Å²) in [6.45, 7) is 1.91. The van der Waals surface area contributed by atoms with Crippen LogP contribution in [0, 0.1) is 0 Å². The van der Waals surface area contributed by atoms with Crippen molar-refractivity contribution in [3.8, 4) is 11.5 Å². The molecule has 0 bridgehead atoms. The maximum Gasteiger partial charge on any atom is 0.249 e. The maximum atomic E-state index is 12.7. The van der Waals surface area contributed by atoms with Crippen LogP contribution < -0.4 is 15.4 Å². The van der Waals surface area contributed by atoms with Crippen molar-refractivity contribution in [1.29, 1.82) is 0 Å². The highest BCUT2D eigenvalue weighted by Crippen LogP contribution is 2.26. The van der Waals surface area contributed by atoms with E-state index in [1.54, 1.807) is 24.3 Å². The molecule has 0 saturated heterocycles. The van der Waals surface area contributed by atoms with Gasteiger partial charge in [-0.15, -0.1) is 0 Å². The van der Waals surface area contributed by atoms with Crippen LogP contribution in [-0.2, 0) is 16.0 Å². The van der Waals surface area contributed by atoms with Crippen molar-refractivity contribution in [2.75, 3.05) is 10.6 Å². The summed E-state index contributed by atoms with van der Waals surface area (Å²) < 4.78 is 7.22. The molecule has 28 heavy (non-hydrogen) atoms. The number of para-hydroxylation sites is 1. The van der Waals surface area contributed by atoms with Crippen molar-refractivity contribution in [3.05, 3.63) is 60.4 Å². The SMILES string of the molecule is CCc1nc2n(n1)C(C(=O)Nc1ccc(Oc3ccccc3)cc1)CC(=O)N2.